The molecule has 1 aromatic carbocycles. The van der Waals surface area contributed by atoms with Crippen molar-refractivity contribution in [2.24, 2.45) is 5.41 Å². The minimum absolute atomic E-state index is 0.120. The normalized spacial score (nSPS) is 23.8. The van der Waals surface area contributed by atoms with Crippen LogP contribution in [0.25, 0.3) is 0 Å². The Kier molecular flexibility index (Phi) is 2.70. The fraction of sp³-hybridized carbons (Fsp3) is 0.429. The predicted molar refractivity (Wildman–Crippen MR) is 60.3 cm³/mol. The Hall–Kier alpha value is -1.29. The summed E-state index contributed by atoms with van der Waals surface area (Å²) in [6.45, 7) is 0.120. The van der Waals surface area contributed by atoms with Gasteiger partial charge in [-0.1, -0.05) is 12.2 Å². The van der Waals surface area contributed by atoms with Crippen molar-refractivity contribution in [2.45, 2.75) is 32.0 Å². The molecule has 0 amide bonds. The highest BCUT2D eigenvalue weighted by Crippen LogP contribution is 2.50. The average molecular weight is 254 g/mol. The molecule has 1 aromatic rings. The number of halogens is 3. The van der Waals surface area contributed by atoms with Gasteiger partial charge in [0.15, 0.2) is 17.5 Å². The molecule has 2 aliphatic rings. The summed E-state index contributed by atoms with van der Waals surface area (Å²) in [6.07, 6.45) is 7.46. The summed E-state index contributed by atoms with van der Waals surface area (Å²) in [5.41, 5.74) is 0.598. The van der Waals surface area contributed by atoms with Crippen LogP contribution in [0.5, 0.6) is 0 Å². The first-order valence-corrected chi connectivity index (χ1v) is 6.03. The van der Waals surface area contributed by atoms with Gasteiger partial charge in [-0.25, -0.2) is 13.2 Å². The van der Waals surface area contributed by atoms with Crippen LogP contribution in [-0.2, 0) is 11.3 Å². The first kappa shape index (κ1) is 11.8. The van der Waals surface area contributed by atoms with Crippen LogP contribution in [-0.4, -0.2) is 6.10 Å². The molecule has 18 heavy (non-hydrogen) atoms. The largest absolute Gasteiger partial charge is 0.373 e. The zero-order valence-electron chi connectivity index (χ0n) is 9.76. The topological polar surface area (TPSA) is 9.23 Å². The quantitative estimate of drug-likeness (QED) is 0.590. The average Bonchev–Trinajstić information content (AvgIpc) is 2.96. The van der Waals surface area contributed by atoms with Crippen LogP contribution in [0.15, 0.2) is 24.3 Å². The molecule has 1 saturated carbocycles. The molecule has 96 valence electrons. The van der Waals surface area contributed by atoms with E-state index in [0.717, 1.165) is 31.4 Å². The standard InChI is InChI=1S/C14H13F3O/c15-11-5-9(6-12(16)13(11)17)8-18-10-1-2-14(7-10)3-4-14/h3-6,10H,1-2,7-8H2. The van der Waals surface area contributed by atoms with Gasteiger partial charge in [0.2, 0.25) is 0 Å². The molecule has 0 bridgehead atoms. The summed E-state index contributed by atoms with van der Waals surface area (Å²) in [7, 11) is 0. The lowest BCUT2D eigenvalue weighted by molar-refractivity contribution is 0.0426. The molecule has 1 fully saturated rings. The third-order valence-corrected chi connectivity index (χ3v) is 3.71. The maximum absolute atomic E-state index is 13.0. The number of ether oxygens (including phenoxy) is 1. The minimum atomic E-state index is -1.43. The Bertz CT molecular complexity index is 481. The van der Waals surface area contributed by atoms with E-state index in [4.69, 9.17) is 4.74 Å². The predicted octanol–water partition coefficient (Wildman–Crippen LogP) is 3.73. The van der Waals surface area contributed by atoms with E-state index in [2.05, 4.69) is 12.2 Å². The molecule has 0 heterocycles. The van der Waals surface area contributed by atoms with Gasteiger partial charge in [-0.2, -0.15) is 0 Å². The molecule has 1 spiro atoms. The van der Waals surface area contributed by atoms with Crippen molar-refractivity contribution in [2.75, 3.05) is 0 Å². The van der Waals surface area contributed by atoms with Gasteiger partial charge in [-0.15, -0.1) is 0 Å². The van der Waals surface area contributed by atoms with Crippen LogP contribution < -0.4 is 0 Å². The molecule has 1 nitrogen and oxygen atoms in total. The summed E-state index contributed by atoms with van der Waals surface area (Å²) >= 11 is 0. The van der Waals surface area contributed by atoms with Crippen LogP contribution in [0, 0.1) is 22.9 Å². The lowest BCUT2D eigenvalue weighted by Gasteiger charge is -2.12. The van der Waals surface area contributed by atoms with Gasteiger partial charge in [-0.05, 0) is 37.0 Å². The van der Waals surface area contributed by atoms with Crippen molar-refractivity contribution in [1.82, 2.24) is 0 Å². The molecule has 0 saturated heterocycles. The Morgan fingerprint density at radius 1 is 1.17 bits per heavy atom. The molecule has 3 rings (SSSR count). The van der Waals surface area contributed by atoms with Crippen molar-refractivity contribution in [1.29, 1.82) is 0 Å². The van der Waals surface area contributed by atoms with E-state index in [1.165, 1.54) is 0 Å². The zero-order valence-corrected chi connectivity index (χ0v) is 9.76. The van der Waals surface area contributed by atoms with Crippen LogP contribution >= 0.6 is 0 Å². The van der Waals surface area contributed by atoms with Crippen LogP contribution in [0.3, 0.4) is 0 Å². The number of rotatable bonds is 3. The van der Waals surface area contributed by atoms with Crippen LogP contribution in [0.1, 0.15) is 24.8 Å². The molecule has 0 N–H and O–H groups in total. The minimum Gasteiger partial charge on any atom is -0.373 e. The van der Waals surface area contributed by atoms with Gasteiger partial charge in [0, 0.05) is 5.41 Å². The van der Waals surface area contributed by atoms with Crippen molar-refractivity contribution in [3.63, 3.8) is 0 Å². The highest BCUT2D eigenvalue weighted by atomic mass is 19.2. The Labute approximate surface area is 103 Å². The highest BCUT2D eigenvalue weighted by Gasteiger charge is 2.42. The number of benzene rings is 1. The summed E-state index contributed by atoms with van der Waals surface area (Å²) in [5, 5.41) is 0. The monoisotopic (exact) mass is 254 g/mol. The second-order valence-electron chi connectivity index (χ2n) is 5.12. The van der Waals surface area contributed by atoms with Gasteiger partial charge >= 0.3 is 0 Å². The number of hydrogen-bond acceptors (Lipinski definition) is 1. The molecule has 1 atom stereocenters. The summed E-state index contributed by atoms with van der Waals surface area (Å²) in [5.74, 6) is -3.76. The van der Waals surface area contributed by atoms with Crippen LogP contribution in [0.2, 0.25) is 0 Å². The van der Waals surface area contributed by atoms with E-state index in [9.17, 15) is 13.2 Å². The van der Waals surface area contributed by atoms with E-state index in [0.29, 0.717) is 5.56 Å². The smallest absolute Gasteiger partial charge is 0.194 e. The second kappa shape index (κ2) is 4.12. The Balaban J connectivity index is 1.60. The molecule has 4 heteroatoms. The Morgan fingerprint density at radius 3 is 2.39 bits per heavy atom. The highest BCUT2D eigenvalue weighted by molar-refractivity contribution is 5.28. The third-order valence-electron chi connectivity index (χ3n) is 3.71. The molecule has 0 aromatic heterocycles. The fourth-order valence-electron chi connectivity index (χ4n) is 2.53. The first-order valence-electron chi connectivity index (χ1n) is 6.03. The lowest BCUT2D eigenvalue weighted by Crippen LogP contribution is -2.09. The maximum atomic E-state index is 13.0. The number of allylic oxidation sites excluding steroid dienone is 2. The molecular formula is C14H13F3O. The Morgan fingerprint density at radius 2 is 1.83 bits per heavy atom. The molecule has 1 unspecified atom stereocenters. The van der Waals surface area contributed by atoms with Gasteiger partial charge in [0.05, 0.1) is 12.7 Å². The molecule has 0 aliphatic heterocycles. The van der Waals surface area contributed by atoms with Gasteiger partial charge in [0.25, 0.3) is 0 Å². The second-order valence-corrected chi connectivity index (χ2v) is 5.12. The van der Waals surface area contributed by atoms with Crippen molar-refractivity contribution in [3.8, 4) is 0 Å². The zero-order chi connectivity index (χ0) is 12.8. The van der Waals surface area contributed by atoms with E-state index in [-0.39, 0.29) is 18.1 Å². The van der Waals surface area contributed by atoms with Crippen molar-refractivity contribution >= 4 is 0 Å². The third kappa shape index (κ3) is 2.17. The first-order chi connectivity index (χ1) is 8.58. The van der Waals surface area contributed by atoms with E-state index in [1.807, 2.05) is 0 Å². The van der Waals surface area contributed by atoms with Gasteiger partial charge in [0.1, 0.15) is 0 Å². The maximum Gasteiger partial charge on any atom is 0.194 e. The van der Waals surface area contributed by atoms with E-state index in [1.54, 1.807) is 0 Å². The lowest BCUT2D eigenvalue weighted by atomic mass is 10.0. The van der Waals surface area contributed by atoms with Gasteiger partial charge < -0.3 is 4.74 Å². The SMILES string of the molecule is Fc1cc(COC2CCC3(C=C3)C2)cc(F)c1F. The summed E-state index contributed by atoms with van der Waals surface area (Å²) in [6, 6.07) is 1.97. The molecule has 2 aliphatic carbocycles. The molecule has 0 radical (unpaired) electrons. The number of hydrogen-bond donors (Lipinski definition) is 0. The van der Waals surface area contributed by atoms with E-state index >= 15 is 0 Å². The van der Waals surface area contributed by atoms with Crippen molar-refractivity contribution in [3.05, 3.63) is 47.3 Å². The van der Waals surface area contributed by atoms with Crippen LogP contribution in [0.4, 0.5) is 13.2 Å². The fourth-order valence-corrected chi connectivity index (χ4v) is 2.53. The van der Waals surface area contributed by atoms with Gasteiger partial charge in [-0.3, -0.25) is 0 Å². The summed E-state index contributed by atoms with van der Waals surface area (Å²) in [4.78, 5) is 0. The summed E-state index contributed by atoms with van der Waals surface area (Å²) < 4.78 is 44.4. The molecular weight excluding hydrogens is 241 g/mol. The van der Waals surface area contributed by atoms with Crippen molar-refractivity contribution < 1.29 is 17.9 Å². The van der Waals surface area contributed by atoms with E-state index < -0.39 is 17.5 Å².